The molecule has 15 heavy (non-hydrogen) atoms. The predicted octanol–water partition coefficient (Wildman–Crippen LogP) is 1.46. The van der Waals surface area contributed by atoms with E-state index in [1.54, 1.807) is 13.0 Å². The van der Waals surface area contributed by atoms with Crippen LogP contribution in [0, 0.1) is 17.1 Å². The van der Waals surface area contributed by atoms with Gasteiger partial charge in [0.25, 0.3) is 0 Å². The van der Waals surface area contributed by atoms with Gasteiger partial charge in [0.1, 0.15) is 11.9 Å². The van der Waals surface area contributed by atoms with Gasteiger partial charge in [-0.1, -0.05) is 0 Å². The Hall–Kier alpha value is -2.09. The molecule has 0 aliphatic rings. The Morgan fingerprint density at radius 1 is 1.67 bits per heavy atom. The Kier molecular flexibility index (Phi) is 3.24. The summed E-state index contributed by atoms with van der Waals surface area (Å²) in [5.74, 6) is -1.59. The number of carbonyl (C=O) groups excluding carboxylic acids is 1. The SMILES string of the molecule is CCOC(=O)c1cc(N)c(C#N)cc1F. The van der Waals surface area contributed by atoms with Crippen LogP contribution in [0.2, 0.25) is 0 Å². The molecule has 4 nitrogen and oxygen atoms in total. The molecule has 2 N–H and O–H groups in total. The highest BCUT2D eigenvalue weighted by Gasteiger charge is 2.15. The van der Waals surface area contributed by atoms with Crippen molar-refractivity contribution in [3.63, 3.8) is 0 Å². The quantitative estimate of drug-likeness (QED) is 0.589. The van der Waals surface area contributed by atoms with Crippen molar-refractivity contribution in [3.05, 3.63) is 29.1 Å². The van der Waals surface area contributed by atoms with E-state index in [4.69, 9.17) is 11.0 Å². The normalized spacial score (nSPS) is 9.40. The lowest BCUT2D eigenvalue weighted by Crippen LogP contribution is -2.08. The number of carbonyl (C=O) groups is 1. The van der Waals surface area contributed by atoms with E-state index in [0.717, 1.165) is 12.1 Å². The van der Waals surface area contributed by atoms with Crippen molar-refractivity contribution in [1.82, 2.24) is 0 Å². The molecule has 0 fully saturated rings. The van der Waals surface area contributed by atoms with Crippen molar-refractivity contribution in [2.24, 2.45) is 0 Å². The zero-order valence-electron chi connectivity index (χ0n) is 8.08. The first-order valence-electron chi connectivity index (χ1n) is 4.26. The number of hydrogen-bond acceptors (Lipinski definition) is 4. The molecule has 0 aliphatic heterocycles. The Balaban J connectivity index is 3.17. The van der Waals surface area contributed by atoms with Crippen molar-refractivity contribution in [3.8, 4) is 6.07 Å². The number of rotatable bonds is 2. The first-order chi connectivity index (χ1) is 7.10. The van der Waals surface area contributed by atoms with Crippen LogP contribution in [-0.4, -0.2) is 12.6 Å². The van der Waals surface area contributed by atoms with E-state index in [-0.39, 0.29) is 23.4 Å². The number of hydrogen-bond donors (Lipinski definition) is 1. The number of ether oxygens (including phenoxy) is 1. The highest BCUT2D eigenvalue weighted by Crippen LogP contribution is 2.18. The molecule has 0 aliphatic carbocycles. The van der Waals surface area contributed by atoms with E-state index < -0.39 is 11.8 Å². The lowest BCUT2D eigenvalue weighted by atomic mass is 10.1. The van der Waals surface area contributed by atoms with Crippen molar-refractivity contribution >= 4 is 11.7 Å². The van der Waals surface area contributed by atoms with Crippen LogP contribution in [0.5, 0.6) is 0 Å². The molecule has 0 saturated carbocycles. The van der Waals surface area contributed by atoms with E-state index in [9.17, 15) is 9.18 Å². The second-order valence-corrected chi connectivity index (χ2v) is 2.75. The number of nitrogen functional groups attached to an aromatic ring is 1. The van der Waals surface area contributed by atoms with Gasteiger partial charge in [0, 0.05) is 0 Å². The zero-order valence-corrected chi connectivity index (χ0v) is 8.08. The van der Waals surface area contributed by atoms with Crippen LogP contribution >= 0.6 is 0 Å². The molecule has 0 spiro atoms. The molecule has 1 aromatic carbocycles. The molecule has 1 aromatic rings. The summed E-state index contributed by atoms with van der Waals surface area (Å²) in [5.41, 5.74) is 5.24. The largest absolute Gasteiger partial charge is 0.462 e. The molecule has 0 aromatic heterocycles. The molecule has 0 atom stereocenters. The summed E-state index contributed by atoms with van der Waals surface area (Å²) in [7, 11) is 0. The molecule has 78 valence electrons. The maximum atomic E-state index is 13.3. The van der Waals surface area contributed by atoms with Crippen LogP contribution in [0.3, 0.4) is 0 Å². The highest BCUT2D eigenvalue weighted by atomic mass is 19.1. The van der Waals surface area contributed by atoms with Gasteiger partial charge in [0.15, 0.2) is 0 Å². The highest BCUT2D eigenvalue weighted by molar-refractivity contribution is 5.91. The molecule has 0 amide bonds. The monoisotopic (exact) mass is 208 g/mol. The second-order valence-electron chi connectivity index (χ2n) is 2.75. The number of anilines is 1. The smallest absolute Gasteiger partial charge is 0.341 e. The van der Waals surface area contributed by atoms with Crippen LogP contribution in [0.15, 0.2) is 12.1 Å². The van der Waals surface area contributed by atoms with E-state index >= 15 is 0 Å². The molecule has 5 heteroatoms. The van der Waals surface area contributed by atoms with Gasteiger partial charge < -0.3 is 10.5 Å². The van der Waals surface area contributed by atoms with Gasteiger partial charge in [0.05, 0.1) is 23.4 Å². The van der Waals surface area contributed by atoms with Gasteiger partial charge in [-0.2, -0.15) is 5.26 Å². The number of benzene rings is 1. The molecular weight excluding hydrogens is 199 g/mol. The Labute approximate surface area is 86.1 Å². The minimum absolute atomic E-state index is 0.000508. The first kappa shape index (κ1) is 11.0. The summed E-state index contributed by atoms with van der Waals surface area (Å²) >= 11 is 0. The molecule has 0 radical (unpaired) electrons. The molecular formula is C10H9FN2O2. The molecule has 1 rings (SSSR count). The lowest BCUT2D eigenvalue weighted by molar-refractivity contribution is 0.0521. The number of nitriles is 1. The molecule has 0 heterocycles. The van der Waals surface area contributed by atoms with Crippen molar-refractivity contribution in [2.75, 3.05) is 12.3 Å². The third-order valence-electron chi connectivity index (χ3n) is 1.76. The van der Waals surface area contributed by atoms with Crippen LogP contribution < -0.4 is 5.73 Å². The van der Waals surface area contributed by atoms with Crippen LogP contribution in [0.1, 0.15) is 22.8 Å². The Morgan fingerprint density at radius 2 is 2.33 bits per heavy atom. The zero-order chi connectivity index (χ0) is 11.4. The summed E-state index contributed by atoms with van der Waals surface area (Å²) in [6, 6.07) is 3.74. The fourth-order valence-electron chi connectivity index (χ4n) is 1.05. The van der Waals surface area contributed by atoms with E-state index in [1.165, 1.54) is 0 Å². The van der Waals surface area contributed by atoms with Crippen LogP contribution in [-0.2, 0) is 4.74 Å². The van der Waals surface area contributed by atoms with Gasteiger partial charge >= 0.3 is 5.97 Å². The minimum atomic E-state index is -0.806. The van der Waals surface area contributed by atoms with Crippen LogP contribution in [0.4, 0.5) is 10.1 Å². The number of esters is 1. The van der Waals surface area contributed by atoms with Crippen molar-refractivity contribution in [2.45, 2.75) is 6.92 Å². The third kappa shape index (κ3) is 2.23. The number of nitrogens with zero attached hydrogens (tertiary/aromatic N) is 1. The van der Waals surface area contributed by atoms with Gasteiger partial charge in [-0.25, -0.2) is 9.18 Å². The van der Waals surface area contributed by atoms with E-state index in [2.05, 4.69) is 4.74 Å². The topological polar surface area (TPSA) is 76.1 Å². The first-order valence-corrected chi connectivity index (χ1v) is 4.26. The Bertz CT molecular complexity index is 438. The summed E-state index contributed by atoms with van der Waals surface area (Å²) in [6.45, 7) is 1.76. The predicted molar refractivity (Wildman–Crippen MR) is 51.5 cm³/mol. The second kappa shape index (κ2) is 4.42. The van der Waals surface area contributed by atoms with Gasteiger partial charge in [-0.05, 0) is 19.1 Å². The van der Waals surface area contributed by atoms with Crippen molar-refractivity contribution in [1.29, 1.82) is 5.26 Å². The van der Waals surface area contributed by atoms with Crippen molar-refractivity contribution < 1.29 is 13.9 Å². The Morgan fingerprint density at radius 3 is 2.87 bits per heavy atom. The third-order valence-corrected chi connectivity index (χ3v) is 1.76. The van der Waals surface area contributed by atoms with Crippen LogP contribution in [0.25, 0.3) is 0 Å². The molecule has 0 unspecified atom stereocenters. The summed E-state index contributed by atoms with van der Waals surface area (Å²) < 4.78 is 17.9. The average Bonchev–Trinajstić information content (AvgIpc) is 2.21. The molecule has 0 bridgehead atoms. The number of nitrogens with two attached hydrogens (primary N) is 1. The van der Waals surface area contributed by atoms with Gasteiger partial charge in [-0.3, -0.25) is 0 Å². The minimum Gasteiger partial charge on any atom is -0.462 e. The maximum absolute atomic E-state index is 13.3. The van der Waals surface area contributed by atoms with E-state index in [0.29, 0.717) is 0 Å². The lowest BCUT2D eigenvalue weighted by Gasteiger charge is -2.05. The summed E-state index contributed by atoms with van der Waals surface area (Å²) in [5, 5.41) is 8.56. The fourth-order valence-corrected chi connectivity index (χ4v) is 1.05. The summed E-state index contributed by atoms with van der Waals surface area (Å²) in [4.78, 5) is 11.2. The van der Waals surface area contributed by atoms with Gasteiger partial charge in [-0.15, -0.1) is 0 Å². The average molecular weight is 208 g/mol. The van der Waals surface area contributed by atoms with Gasteiger partial charge in [0.2, 0.25) is 0 Å². The van der Waals surface area contributed by atoms with E-state index in [1.807, 2.05) is 0 Å². The maximum Gasteiger partial charge on any atom is 0.341 e. The molecule has 0 saturated heterocycles. The summed E-state index contributed by atoms with van der Waals surface area (Å²) in [6.07, 6.45) is 0. The fraction of sp³-hybridized carbons (Fsp3) is 0.200. The standard InChI is InChI=1S/C10H9FN2O2/c1-2-15-10(14)7-4-9(13)6(5-12)3-8(7)11/h3-4H,2,13H2,1H3. The number of halogens is 1.